The van der Waals surface area contributed by atoms with Crippen LogP contribution in [0.1, 0.15) is 41.3 Å². The lowest BCUT2D eigenvalue weighted by molar-refractivity contribution is 0.0722. The van der Waals surface area contributed by atoms with Gasteiger partial charge in [-0.25, -0.2) is 0 Å². The van der Waals surface area contributed by atoms with E-state index in [9.17, 15) is 4.79 Å². The number of aromatic amines is 1. The Balaban J connectivity index is 1.74. The Morgan fingerprint density at radius 3 is 2.91 bits per heavy atom. The van der Waals surface area contributed by atoms with Gasteiger partial charge in [0.2, 0.25) is 0 Å². The van der Waals surface area contributed by atoms with Crippen LogP contribution in [0.3, 0.4) is 0 Å². The first-order chi connectivity index (χ1) is 11.0. The number of aromatic nitrogens is 3. The number of carbonyl (C=O) groups is 1. The molecule has 0 spiro atoms. The SMILES string of the molecule is CC(C)N(C)Cc1n[nH]c2c1CCN(C(=O)c1cccn1C)C2. The highest BCUT2D eigenvalue weighted by atomic mass is 16.2. The molecule has 1 aliphatic rings. The number of H-pyrrole nitrogens is 1. The number of hydrogen-bond donors (Lipinski definition) is 1. The molecule has 2 aromatic rings. The lowest BCUT2D eigenvalue weighted by Crippen LogP contribution is -2.37. The first kappa shape index (κ1) is 15.8. The lowest BCUT2D eigenvalue weighted by atomic mass is 10.0. The molecule has 0 saturated heterocycles. The van der Waals surface area contributed by atoms with E-state index in [1.807, 2.05) is 34.8 Å². The number of nitrogens with zero attached hydrogens (tertiary/aromatic N) is 4. The molecule has 0 aliphatic carbocycles. The standard InChI is InChI=1S/C17H25N5O/c1-12(2)21(4)10-14-13-7-9-22(11-15(13)19-18-14)17(23)16-6-5-8-20(16)3/h5-6,8,12H,7,9-11H2,1-4H3,(H,18,19). The summed E-state index contributed by atoms with van der Waals surface area (Å²) in [6.45, 7) is 6.56. The van der Waals surface area contributed by atoms with Crippen LogP contribution in [-0.4, -0.2) is 50.1 Å². The summed E-state index contributed by atoms with van der Waals surface area (Å²) >= 11 is 0. The number of rotatable bonds is 4. The van der Waals surface area contributed by atoms with E-state index < -0.39 is 0 Å². The monoisotopic (exact) mass is 315 g/mol. The Morgan fingerprint density at radius 1 is 1.48 bits per heavy atom. The van der Waals surface area contributed by atoms with Crippen molar-refractivity contribution in [3.8, 4) is 0 Å². The van der Waals surface area contributed by atoms with Gasteiger partial charge in [0.15, 0.2) is 0 Å². The molecule has 23 heavy (non-hydrogen) atoms. The Kier molecular flexibility index (Phi) is 4.26. The minimum absolute atomic E-state index is 0.0820. The van der Waals surface area contributed by atoms with Crippen LogP contribution in [0.25, 0.3) is 0 Å². The van der Waals surface area contributed by atoms with Crippen LogP contribution in [0, 0.1) is 0 Å². The minimum Gasteiger partial charge on any atom is -0.347 e. The van der Waals surface area contributed by atoms with E-state index in [0.717, 1.165) is 36.6 Å². The fourth-order valence-electron chi connectivity index (χ4n) is 2.95. The molecular weight excluding hydrogens is 290 g/mol. The van der Waals surface area contributed by atoms with Gasteiger partial charge in [0, 0.05) is 37.9 Å². The summed E-state index contributed by atoms with van der Waals surface area (Å²) in [5.41, 5.74) is 4.20. The van der Waals surface area contributed by atoms with Gasteiger partial charge in [-0.15, -0.1) is 0 Å². The van der Waals surface area contributed by atoms with Gasteiger partial charge in [0.05, 0.1) is 17.9 Å². The van der Waals surface area contributed by atoms with Gasteiger partial charge in [-0.1, -0.05) is 0 Å². The Hall–Kier alpha value is -2.08. The van der Waals surface area contributed by atoms with Crippen molar-refractivity contribution in [3.63, 3.8) is 0 Å². The number of amides is 1. The molecule has 0 bridgehead atoms. The van der Waals surface area contributed by atoms with E-state index in [2.05, 4.69) is 36.0 Å². The zero-order valence-electron chi connectivity index (χ0n) is 14.3. The van der Waals surface area contributed by atoms with Crippen LogP contribution < -0.4 is 0 Å². The van der Waals surface area contributed by atoms with Crippen LogP contribution in [0.15, 0.2) is 18.3 Å². The van der Waals surface area contributed by atoms with Crippen molar-refractivity contribution in [3.05, 3.63) is 41.0 Å². The molecular formula is C17H25N5O. The second-order valence-electron chi connectivity index (χ2n) is 6.62. The minimum atomic E-state index is 0.0820. The van der Waals surface area contributed by atoms with E-state index >= 15 is 0 Å². The van der Waals surface area contributed by atoms with E-state index in [0.29, 0.717) is 12.6 Å². The van der Waals surface area contributed by atoms with E-state index in [-0.39, 0.29) is 5.91 Å². The smallest absolute Gasteiger partial charge is 0.270 e. The molecule has 6 nitrogen and oxygen atoms in total. The van der Waals surface area contributed by atoms with Gasteiger partial charge in [-0.2, -0.15) is 5.10 Å². The summed E-state index contributed by atoms with van der Waals surface area (Å²) in [5, 5.41) is 7.62. The number of fused-ring (bicyclic) bond motifs is 1. The maximum atomic E-state index is 12.6. The van der Waals surface area contributed by atoms with Gasteiger partial charge in [-0.05, 0) is 39.4 Å². The molecule has 1 aliphatic heterocycles. The van der Waals surface area contributed by atoms with Crippen LogP contribution in [-0.2, 0) is 26.6 Å². The zero-order valence-corrected chi connectivity index (χ0v) is 14.3. The molecule has 0 saturated carbocycles. The highest BCUT2D eigenvalue weighted by Crippen LogP contribution is 2.22. The second kappa shape index (κ2) is 6.20. The molecule has 1 N–H and O–H groups in total. The van der Waals surface area contributed by atoms with Crippen molar-refractivity contribution in [1.82, 2.24) is 24.6 Å². The van der Waals surface area contributed by atoms with Crippen molar-refractivity contribution in [2.75, 3.05) is 13.6 Å². The molecule has 0 atom stereocenters. The summed E-state index contributed by atoms with van der Waals surface area (Å²) in [7, 11) is 4.01. The van der Waals surface area contributed by atoms with Gasteiger partial charge in [-0.3, -0.25) is 14.8 Å². The fraction of sp³-hybridized carbons (Fsp3) is 0.529. The molecule has 3 rings (SSSR count). The van der Waals surface area contributed by atoms with E-state index in [1.54, 1.807) is 0 Å². The molecule has 6 heteroatoms. The first-order valence-corrected chi connectivity index (χ1v) is 8.13. The third-order valence-electron chi connectivity index (χ3n) is 4.75. The van der Waals surface area contributed by atoms with Crippen LogP contribution in [0.5, 0.6) is 0 Å². The zero-order chi connectivity index (χ0) is 16.6. The summed E-state index contributed by atoms with van der Waals surface area (Å²) < 4.78 is 1.87. The molecule has 2 aromatic heterocycles. The topological polar surface area (TPSA) is 57.2 Å². The lowest BCUT2D eigenvalue weighted by Gasteiger charge is -2.27. The number of nitrogens with one attached hydrogen (secondary N) is 1. The third-order valence-corrected chi connectivity index (χ3v) is 4.75. The third kappa shape index (κ3) is 3.03. The fourth-order valence-corrected chi connectivity index (χ4v) is 2.95. The van der Waals surface area contributed by atoms with Crippen molar-refractivity contribution >= 4 is 5.91 Å². The Labute approximate surface area is 137 Å². The quantitative estimate of drug-likeness (QED) is 0.936. The normalized spacial score (nSPS) is 14.6. The maximum absolute atomic E-state index is 12.6. The highest BCUT2D eigenvalue weighted by Gasteiger charge is 2.26. The number of aryl methyl sites for hydroxylation is 1. The largest absolute Gasteiger partial charge is 0.347 e. The van der Waals surface area contributed by atoms with Gasteiger partial charge in [0.1, 0.15) is 5.69 Å². The van der Waals surface area contributed by atoms with Crippen LogP contribution in [0.2, 0.25) is 0 Å². The van der Waals surface area contributed by atoms with Gasteiger partial charge < -0.3 is 9.47 Å². The number of carbonyl (C=O) groups excluding carboxylic acids is 1. The molecule has 0 aromatic carbocycles. The van der Waals surface area contributed by atoms with Gasteiger partial charge in [0.25, 0.3) is 5.91 Å². The Bertz CT molecular complexity index is 700. The van der Waals surface area contributed by atoms with Gasteiger partial charge >= 0.3 is 0 Å². The number of hydrogen-bond acceptors (Lipinski definition) is 3. The van der Waals surface area contributed by atoms with Crippen molar-refractivity contribution < 1.29 is 4.79 Å². The summed E-state index contributed by atoms with van der Waals surface area (Å²) in [5.74, 6) is 0.0820. The molecule has 3 heterocycles. The molecule has 0 fully saturated rings. The maximum Gasteiger partial charge on any atom is 0.270 e. The van der Waals surface area contributed by atoms with Crippen LogP contribution >= 0.6 is 0 Å². The summed E-state index contributed by atoms with van der Waals surface area (Å²) in [6.07, 6.45) is 2.77. The molecule has 0 unspecified atom stereocenters. The van der Waals surface area contributed by atoms with Crippen molar-refractivity contribution in [2.45, 2.75) is 39.4 Å². The second-order valence-corrected chi connectivity index (χ2v) is 6.62. The summed E-state index contributed by atoms with van der Waals surface area (Å²) in [4.78, 5) is 16.8. The summed E-state index contributed by atoms with van der Waals surface area (Å²) in [6, 6.07) is 4.26. The predicted octanol–water partition coefficient (Wildman–Crippen LogP) is 1.79. The van der Waals surface area contributed by atoms with Crippen LogP contribution in [0.4, 0.5) is 0 Å². The Morgan fingerprint density at radius 2 is 2.26 bits per heavy atom. The molecule has 1 amide bonds. The molecule has 124 valence electrons. The predicted molar refractivity (Wildman–Crippen MR) is 89.0 cm³/mol. The van der Waals surface area contributed by atoms with Crippen molar-refractivity contribution in [2.24, 2.45) is 7.05 Å². The van der Waals surface area contributed by atoms with E-state index in [1.165, 1.54) is 5.56 Å². The van der Waals surface area contributed by atoms with E-state index in [4.69, 9.17) is 0 Å². The molecule has 0 radical (unpaired) electrons. The highest BCUT2D eigenvalue weighted by molar-refractivity contribution is 5.92. The average molecular weight is 315 g/mol. The first-order valence-electron chi connectivity index (χ1n) is 8.13. The van der Waals surface area contributed by atoms with Crippen molar-refractivity contribution in [1.29, 1.82) is 0 Å². The average Bonchev–Trinajstić information content (AvgIpc) is 3.12.